The number of aromatic nitrogens is 4. The van der Waals surface area contributed by atoms with Crippen molar-refractivity contribution in [1.29, 1.82) is 0 Å². The van der Waals surface area contributed by atoms with E-state index in [0.717, 1.165) is 41.0 Å². The number of halogens is 3. The summed E-state index contributed by atoms with van der Waals surface area (Å²) < 4.78 is 32.0. The second-order valence-corrected chi connectivity index (χ2v) is 8.11. The SMILES string of the molecule is C[C@@H]1CCc2nc3cc(C(=O)Nc4ccc(OC(F)(F)Cl)cc4)cc(-c4ccn[nH]4)c3n21. The van der Waals surface area contributed by atoms with Gasteiger partial charge in [0.2, 0.25) is 0 Å². The Morgan fingerprint density at radius 3 is 2.75 bits per heavy atom. The molecule has 1 aliphatic heterocycles. The minimum Gasteiger partial charge on any atom is -0.420 e. The molecule has 3 heterocycles. The molecule has 1 amide bonds. The van der Waals surface area contributed by atoms with Gasteiger partial charge < -0.3 is 14.6 Å². The maximum absolute atomic E-state index is 13.0. The van der Waals surface area contributed by atoms with Gasteiger partial charge in [0.25, 0.3) is 5.91 Å². The lowest BCUT2D eigenvalue weighted by Gasteiger charge is -2.13. The van der Waals surface area contributed by atoms with Gasteiger partial charge in [0.1, 0.15) is 11.6 Å². The highest BCUT2D eigenvalue weighted by Gasteiger charge is 2.28. The number of H-pyrrole nitrogens is 1. The van der Waals surface area contributed by atoms with Crippen LogP contribution in [0.5, 0.6) is 5.75 Å². The summed E-state index contributed by atoms with van der Waals surface area (Å²) in [6.45, 7) is 2.16. The number of anilines is 1. The molecule has 2 aromatic heterocycles. The van der Waals surface area contributed by atoms with Crippen molar-refractivity contribution in [3.63, 3.8) is 0 Å². The van der Waals surface area contributed by atoms with Crippen molar-refractivity contribution in [3.8, 4) is 17.0 Å². The number of imidazole rings is 1. The third-order valence-electron chi connectivity index (χ3n) is 5.48. The van der Waals surface area contributed by atoms with Gasteiger partial charge in [-0.05, 0) is 55.8 Å². The van der Waals surface area contributed by atoms with Crippen LogP contribution in [-0.4, -0.2) is 31.2 Å². The Kier molecular flexibility index (Phi) is 4.85. The Hall–Kier alpha value is -3.46. The van der Waals surface area contributed by atoms with E-state index in [-0.39, 0.29) is 11.7 Å². The van der Waals surface area contributed by atoms with Crippen LogP contribution in [0.3, 0.4) is 0 Å². The van der Waals surface area contributed by atoms with Gasteiger partial charge in [0.05, 0.1) is 16.7 Å². The Bertz CT molecular complexity index is 1300. The van der Waals surface area contributed by atoms with Crippen LogP contribution in [0, 0.1) is 0 Å². The zero-order valence-electron chi connectivity index (χ0n) is 16.9. The van der Waals surface area contributed by atoms with Crippen LogP contribution in [0.25, 0.3) is 22.3 Å². The molecule has 10 heteroatoms. The van der Waals surface area contributed by atoms with Crippen LogP contribution >= 0.6 is 11.6 Å². The molecule has 0 aliphatic carbocycles. The van der Waals surface area contributed by atoms with E-state index < -0.39 is 5.57 Å². The normalized spacial score (nSPS) is 15.7. The van der Waals surface area contributed by atoms with Gasteiger partial charge in [-0.15, -0.1) is 8.78 Å². The first-order valence-electron chi connectivity index (χ1n) is 10.0. The first-order chi connectivity index (χ1) is 15.3. The molecule has 0 spiro atoms. The minimum absolute atomic E-state index is 0.118. The molecule has 0 unspecified atom stereocenters. The highest BCUT2D eigenvalue weighted by Crippen LogP contribution is 2.36. The number of nitrogens with one attached hydrogen (secondary N) is 2. The van der Waals surface area contributed by atoms with Gasteiger partial charge in [-0.2, -0.15) is 5.10 Å². The monoisotopic (exact) mass is 457 g/mol. The molecule has 4 aromatic rings. The predicted octanol–water partition coefficient (Wildman–Crippen LogP) is 5.35. The van der Waals surface area contributed by atoms with E-state index in [1.165, 1.54) is 24.3 Å². The molecule has 0 radical (unpaired) electrons. The molecule has 1 aliphatic rings. The van der Waals surface area contributed by atoms with Gasteiger partial charge >= 0.3 is 5.57 Å². The van der Waals surface area contributed by atoms with Crippen molar-refractivity contribution in [2.45, 2.75) is 31.4 Å². The van der Waals surface area contributed by atoms with Crippen molar-refractivity contribution < 1.29 is 18.3 Å². The Labute approximate surface area is 186 Å². The largest absolute Gasteiger partial charge is 0.487 e. The highest BCUT2D eigenvalue weighted by molar-refractivity contribution is 6.20. The number of nitrogens with zero attached hydrogens (tertiary/aromatic N) is 3. The number of aryl methyl sites for hydroxylation is 1. The van der Waals surface area contributed by atoms with Gasteiger partial charge in [-0.25, -0.2) is 4.98 Å². The van der Waals surface area contributed by atoms with E-state index >= 15 is 0 Å². The molecular formula is C22H18ClF2N5O2. The zero-order valence-corrected chi connectivity index (χ0v) is 17.7. The number of fused-ring (bicyclic) bond motifs is 3. The van der Waals surface area contributed by atoms with Gasteiger partial charge in [-0.3, -0.25) is 9.89 Å². The van der Waals surface area contributed by atoms with Gasteiger partial charge in [0, 0.05) is 47.1 Å². The van der Waals surface area contributed by atoms with Gasteiger partial charge in [0.15, 0.2) is 0 Å². The summed E-state index contributed by atoms with van der Waals surface area (Å²) in [4.78, 5) is 17.7. The lowest BCUT2D eigenvalue weighted by Crippen LogP contribution is -2.16. The summed E-state index contributed by atoms with van der Waals surface area (Å²) >= 11 is 4.77. The van der Waals surface area contributed by atoms with Gasteiger partial charge in [-0.1, -0.05) is 0 Å². The van der Waals surface area contributed by atoms with Crippen LogP contribution in [0.1, 0.15) is 35.6 Å². The minimum atomic E-state index is -3.80. The number of aromatic amines is 1. The third kappa shape index (κ3) is 3.80. The summed E-state index contributed by atoms with van der Waals surface area (Å²) in [6.07, 6.45) is 3.57. The molecule has 32 heavy (non-hydrogen) atoms. The second-order valence-electron chi connectivity index (χ2n) is 7.67. The van der Waals surface area contributed by atoms with Crippen LogP contribution < -0.4 is 10.1 Å². The fraction of sp³-hybridized carbons (Fsp3) is 0.227. The van der Waals surface area contributed by atoms with E-state index in [1.807, 2.05) is 6.07 Å². The highest BCUT2D eigenvalue weighted by atomic mass is 35.5. The number of amides is 1. The molecule has 2 N–H and O–H groups in total. The second kappa shape index (κ2) is 7.59. The Morgan fingerprint density at radius 1 is 1.28 bits per heavy atom. The lowest BCUT2D eigenvalue weighted by atomic mass is 10.0. The molecule has 164 valence electrons. The number of rotatable bonds is 5. The van der Waals surface area contributed by atoms with Crippen molar-refractivity contribution in [2.75, 3.05) is 5.32 Å². The number of carbonyl (C=O) groups is 1. The van der Waals surface area contributed by atoms with Crippen LogP contribution in [-0.2, 0) is 6.42 Å². The van der Waals surface area contributed by atoms with Crippen molar-refractivity contribution in [2.24, 2.45) is 0 Å². The molecule has 0 bridgehead atoms. The fourth-order valence-electron chi connectivity index (χ4n) is 4.08. The maximum Gasteiger partial charge on any atom is 0.487 e. The van der Waals surface area contributed by atoms with Crippen LogP contribution in [0.15, 0.2) is 48.7 Å². The van der Waals surface area contributed by atoms with Crippen molar-refractivity contribution in [1.82, 2.24) is 19.7 Å². The van der Waals surface area contributed by atoms with Crippen LogP contribution in [0.2, 0.25) is 0 Å². The number of benzene rings is 2. The first kappa shape index (κ1) is 20.4. The fourth-order valence-corrected chi connectivity index (χ4v) is 4.17. The molecule has 0 saturated heterocycles. The number of hydrogen-bond donors (Lipinski definition) is 2. The quantitative estimate of drug-likeness (QED) is 0.395. The van der Waals surface area contributed by atoms with Crippen molar-refractivity contribution in [3.05, 3.63) is 60.0 Å². The zero-order chi connectivity index (χ0) is 22.5. The third-order valence-corrected chi connectivity index (χ3v) is 5.56. The predicted molar refractivity (Wildman–Crippen MR) is 116 cm³/mol. The van der Waals surface area contributed by atoms with E-state index in [4.69, 9.17) is 16.6 Å². The van der Waals surface area contributed by atoms with E-state index in [0.29, 0.717) is 17.3 Å². The number of alkyl halides is 3. The molecule has 1 atom stereocenters. The topological polar surface area (TPSA) is 84.8 Å². The molecule has 7 nitrogen and oxygen atoms in total. The Morgan fingerprint density at radius 2 is 2.06 bits per heavy atom. The summed E-state index contributed by atoms with van der Waals surface area (Å²) in [6, 6.07) is 11.2. The number of carbonyl (C=O) groups excluding carboxylic acids is 1. The van der Waals surface area contributed by atoms with E-state index in [1.54, 1.807) is 18.3 Å². The summed E-state index contributed by atoms with van der Waals surface area (Å²) in [7, 11) is 0. The summed E-state index contributed by atoms with van der Waals surface area (Å²) in [5.41, 5.74) is 0.362. The molecule has 0 saturated carbocycles. The Balaban J connectivity index is 1.49. The standard InChI is InChI=1S/C22H18ClF2N5O2/c1-12-2-7-19-28-18-11-13(10-16(20(18)30(12)19)17-8-9-26-29-17)21(31)27-14-3-5-15(6-4-14)32-22(23,24)25/h3-6,8-12H,2,7H2,1H3,(H,26,29)(H,27,31)/t12-/m1/s1. The van der Waals surface area contributed by atoms with E-state index in [9.17, 15) is 13.6 Å². The average Bonchev–Trinajstić information content (AvgIpc) is 3.46. The molecular weight excluding hydrogens is 440 g/mol. The molecule has 5 rings (SSSR count). The number of hydrogen-bond acceptors (Lipinski definition) is 4. The smallest absolute Gasteiger partial charge is 0.420 e. The summed E-state index contributed by atoms with van der Waals surface area (Å²) in [5, 5.41) is 9.79. The maximum atomic E-state index is 13.0. The first-order valence-corrected chi connectivity index (χ1v) is 10.4. The van der Waals surface area contributed by atoms with Crippen LogP contribution in [0.4, 0.5) is 14.5 Å². The van der Waals surface area contributed by atoms with E-state index in [2.05, 4.69) is 31.7 Å². The lowest BCUT2D eigenvalue weighted by molar-refractivity contribution is -0.0964. The summed E-state index contributed by atoms with van der Waals surface area (Å²) in [5.74, 6) is 0.523. The average molecular weight is 458 g/mol. The van der Waals surface area contributed by atoms with Crippen molar-refractivity contribution >= 4 is 34.2 Å². The molecule has 0 fully saturated rings. The molecule has 2 aromatic carbocycles. The number of ether oxygens (including phenoxy) is 1.